The van der Waals surface area contributed by atoms with Crippen molar-refractivity contribution in [2.24, 2.45) is 0 Å². The summed E-state index contributed by atoms with van der Waals surface area (Å²) in [6, 6.07) is 10.0. The summed E-state index contributed by atoms with van der Waals surface area (Å²) in [7, 11) is 0. The van der Waals surface area contributed by atoms with Crippen LogP contribution in [0.4, 0.5) is 0 Å². The van der Waals surface area contributed by atoms with Crippen LogP contribution < -0.4 is 4.74 Å². The van der Waals surface area contributed by atoms with Crippen LogP contribution in [0.25, 0.3) is 0 Å². The molecule has 122 valence electrons. The maximum absolute atomic E-state index is 8.69. The third-order valence-electron chi connectivity index (χ3n) is 3.73. The predicted molar refractivity (Wildman–Crippen MR) is 96.6 cm³/mol. The van der Waals surface area contributed by atoms with Gasteiger partial charge in [0.1, 0.15) is 5.75 Å². The second-order valence-corrected chi connectivity index (χ2v) is 6.49. The molecule has 0 N–H and O–H groups in total. The number of hydrogen-bond acceptors (Lipinski definition) is 2. The minimum Gasteiger partial charge on any atom is -0.494 e. The van der Waals surface area contributed by atoms with Crippen molar-refractivity contribution < 1.29 is 4.74 Å². The fourth-order valence-corrected chi connectivity index (χ4v) is 2.86. The Labute approximate surface area is 144 Å². The number of alkyl halides is 1. The molecule has 2 nitrogen and oxygen atoms in total. The fraction of sp³-hybridized carbons (Fsp3) is 0.632. The van der Waals surface area contributed by atoms with E-state index in [1.807, 2.05) is 24.3 Å². The number of benzene rings is 1. The Kier molecular flexibility index (Phi) is 11.8. The summed E-state index contributed by atoms with van der Waals surface area (Å²) in [5.41, 5.74) is 1.03. The molecular formula is C19H28BrNO. The molecule has 0 atom stereocenters. The quantitative estimate of drug-likeness (QED) is 0.315. The average molecular weight is 366 g/mol. The summed E-state index contributed by atoms with van der Waals surface area (Å²) >= 11 is 3.47. The lowest BCUT2D eigenvalue weighted by atomic mass is 10.1. The van der Waals surface area contributed by atoms with Crippen molar-refractivity contribution >= 4 is 15.9 Å². The fourth-order valence-electron chi connectivity index (χ4n) is 2.46. The Balaban J connectivity index is 1.95. The normalized spacial score (nSPS) is 10.4. The van der Waals surface area contributed by atoms with Gasteiger partial charge in [0.2, 0.25) is 0 Å². The lowest BCUT2D eigenvalue weighted by Crippen LogP contribution is -1.97. The van der Waals surface area contributed by atoms with Gasteiger partial charge in [-0.1, -0.05) is 73.0 Å². The van der Waals surface area contributed by atoms with E-state index in [-0.39, 0.29) is 0 Å². The number of rotatable bonds is 13. The Morgan fingerprint density at radius 1 is 0.909 bits per heavy atom. The third-order valence-corrected chi connectivity index (χ3v) is 4.29. The number of unbranched alkanes of at least 4 members (excludes halogenated alkanes) is 8. The van der Waals surface area contributed by atoms with E-state index in [0.717, 1.165) is 29.7 Å². The minimum absolute atomic E-state index is 0.451. The van der Waals surface area contributed by atoms with Crippen LogP contribution in [-0.4, -0.2) is 11.9 Å². The molecule has 0 saturated carbocycles. The minimum atomic E-state index is 0.451. The second kappa shape index (κ2) is 13.6. The standard InChI is InChI=1S/C19H28BrNO/c20-14-8-6-4-2-1-3-5-7-9-16-22-19-12-10-11-18(17-19)13-15-21/h10-12,17H,1-9,13-14,16H2. The van der Waals surface area contributed by atoms with Gasteiger partial charge in [-0.15, -0.1) is 0 Å². The highest BCUT2D eigenvalue weighted by atomic mass is 79.9. The van der Waals surface area contributed by atoms with Crippen LogP contribution >= 0.6 is 15.9 Å². The summed E-state index contributed by atoms with van der Waals surface area (Å²) in [5.74, 6) is 0.888. The van der Waals surface area contributed by atoms with Crippen LogP contribution in [0.2, 0.25) is 0 Å². The molecule has 1 rings (SSSR count). The summed E-state index contributed by atoms with van der Waals surface area (Å²) in [6.45, 7) is 0.779. The van der Waals surface area contributed by atoms with Gasteiger partial charge in [-0.05, 0) is 30.5 Å². The van der Waals surface area contributed by atoms with Crippen LogP contribution in [0.15, 0.2) is 24.3 Å². The van der Waals surface area contributed by atoms with Crippen molar-refractivity contribution in [3.63, 3.8) is 0 Å². The lowest BCUT2D eigenvalue weighted by molar-refractivity contribution is 0.304. The van der Waals surface area contributed by atoms with E-state index in [4.69, 9.17) is 10.00 Å². The first kappa shape index (κ1) is 19.0. The number of hydrogen-bond donors (Lipinski definition) is 0. The summed E-state index contributed by atoms with van der Waals surface area (Å²) < 4.78 is 5.75. The van der Waals surface area contributed by atoms with Gasteiger partial charge in [-0.3, -0.25) is 0 Å². The van der Waals surface area contributed by atoms with Crippen molar-refractivity contribution in [2.75, 3.05) is 11.9 Å². The summed E-state index contributed by atoms with van der Waals surface area (Å²) in [6.07, 6.45) is 12.3. The van der Waals surface area contributed by atoms with Gasteiger partial charge in [0.05, 0.1) is 19.1 Å². The highest BCUT2D eigenvalue weighted by Gasteiger charge is 1.97. The molecule has 1 aromatic carbocycles. The predicted octanol–water partition coefficient (Wildman–Crippen LogP) is 6.04. The van der Waals surface area contributed by atoms with E-state index in [9.17, 15) is 0 Å². The van der Waals surface area contributed by atoms with Crippen molar-refractivity contribution in [1.29, 1.82) is 5.26 Å². The van der Waals surface area contributed by atoms with Crippen LogP contribution in [0, 0.1) is 11.3 Å². The molecule has 1 aromatic rings. The van der Waals surface area contributed by atoms with Crippen molar-refractivity contribution in [1.82, 2.24) is 0 Å². The molecule has 0 aromatic heterocycles. The van der Waals surface area contributed by atoms with Crippen molar-refractivity contribution in [2.45, 2.75) is 64.2 Å². The molecule has 0 aliphatic rings. The Morgan fingerprint density at radius 3 is 2.18 bits per heavy atom. The maximum Gasteiger partial charge on any atom is 0.119 e. The summed E-state index contributed by atoms with van der Waals surface area (Å²) in [5, 5.41) is 9.84. The van der Waals surface area contributed by atoms with E-state index < -0.39 is 0 Å². The SMILES string of the molecule is N#CCc1cccc(OCCCCCCCCCCCBr)c1. The number of nitriles is 1. The largest absolute Gasteiger partial charge is 0.494 e. The molecule has 0 bridgehead atoms. The molecule has 0 saturated heterocycles. The molecule has 22 heavy (non-hydrogen) atoms. The highest BCUT2D eigenvalue weighted by Crippen LogP contribution is 2.15. The lowest BCUT2D eigenvalue weighted by Gasteiger charge is -2.07. The van der Waals surface area contributed by atoms with E-state index in [2.05, 4.69) is 22.0 Å². The molecular weight excluding hydrogens is 338 g/mol. The van der Waals surface area contributed by atoms with Gasteiger partial charge in [0.25, 0.3) is 0 Å². The van der Waals surface area contributed by atoms with E-state index in [1.165, 1.54) is 51.4 Å². The number of nitrogens with zero attached hydrogens (tertiary/aromatic N) is 1. The smallest absolute Gasteiger partial charge is 0.119 e. The van der Waals surface area contributed by atoms with Crippen LogP contribution in [0.5, 0.6) is 5.75 Å². The van der Waals surface area contributed by atoms with Gasteiger partial charge < -0.3 is 4.74 Å². The molecule has 0 spiro atoms. The second-order valence-electron chi connectivity index (χ2n) is 5.70. The molecule has 0 radical (unpaired) electrons. The Hall–Kier alpha value is -1.01. The van der Waals surface area contributed by atoms with Gasteiger partial charge in [-0.25, -0.2) is 0 Å². The first-order chi connectivity index (χ1) is 10.9. The zero-order valence-electron chi connectivity index (χ0n) is 13.5. The molecule has 0 heterocycles. The van der Waals surface area contributed by atoms with Gasteiger partial charge in [-0.2, -0.15) is 5.26 Å². The van der Waals surface area contributed by atoms with Crippen molar-refractivity contribution in [3.8, 4) is 11.8 Å². The Bertz CT molecular complexity index is 428. The topological polar surface area (TPSA) is 33.0 Å². The molecule has 0 amide bonds. The maximum atomic E-state index is 8.69. The van der Waals surface area contributed by atoms with Crippen LogP contribution in [0.3, 0.4) is 0 Å². The first-order valence-corrected chi connectivity index (χ1v) is 9.63. The van der Waals surface area contributed by atoms with E-state index in [0.29, 0.717) is 6.42 Å². The molecule has 3 heteroatoms. The molecule has 0 fully saturated rings. The number of ether oxygens (including phenoxy) is 1. The van der Waals surface area contributed by atoms with E-state index in [1.54, 1.807) is 0 Å². The van der Waals surface area contributed by atoms with E-state index >= 15 is 0 Å². The van der Waals surface area contributed by atoms with Crippen LogP contribution in [-0.2, 0) is 6.42 Å². The van der Waals surface area contributed by atoms with Gasteiger partial charge in [0.15, 0.2) is 0 Å². The average Bonchev–Trinajstić information content (AvgIpc) is 2.53. The first-order valence-electron chi connectivity index (χ1n) is 8.51. The zero-order valence-corrected chi connectivity index (χ0v) is 15.1. The molecule has 0 unspecified atom stereocenters. The third kappa shape index (κ3) is 9.84. The molecule has 0 aliphatic heterocycles. The highest BCUT2D eigenvalue weighted by molar-refractivity contribution is 9.09. The molecule has 0 aliphatic carbocycles. The monoisotopic (exact) mass is 365 g/mol. The van der Waals surface area contributed by atoms with Gasteiger partial charge >= 0.3 is 0 Å². The Morgan fingerprint density at radius 2 is 1.55 bits per heavy atom. The summed E-state index contributed by atoms with van der Waals surface area (Å²) in [4.78, 5) is 0. The zero-order chi connectivity index (χ0) is 15.9. The van der Waals surface area contributed by atoms with Crippen LogP contribution in [0.1, 0.15) is 63.4 Å². The van der Waals surface area contributed by atoms with Crippen molar-refractivity contribution in [3.05, 3.63) is 29.8 Å². The van der Waals surface area contributed by atoms with Gasteiger partial charge in [0, 0.05) is 5.33 Å². The number of halogens is 1.